The van der Waals surface area contributed by atoms with Crippen molar-refractivity contribution < 1.29 is 4.79 Å². The Bertz CT molecular complexity index is 334. The molecule has 13 heavy (non-hydrogen) atoms. The van der Waals surface area contributed by atoms with Crippen molar-refractivity contribution >= 4 is 21.8 Å². The smallest absolute Gasteiger partial charge is 0.248 e. The molecule has 0 bridgehead atoms. The van der Waals surface area contributed by atoms with E-state index in [0.29, 0.717) is 11.5 Å². The minimum Gasteiger partial charge on any atom is -0.366 e. The Labute approximate surface area is 86.3 Å². The Morgan fingerprint density at radius 1 is 1.46 bits per heavy atom. The summed E-state index contributed by atoms with van der Waals surface area (Å²) in [6.45, 7) is 4.07. The van der Waals surface area contributed by atoms with Crippen LogP contribution in [0.1, 0.15) is 35.7 Å². The van der Waals surface area contributed by atoms with Crippen LogP contribution in [0.15, 0.2) is 22.7 Å². The lowest BCUT2D eigenvalue weighted by atomic mass is 9.97. The maximum atomic E-state index is 11.0. The molecule has 0 spiro atoms. The van der Waals surface area contributed by atoms with Gasteiger partial charge in [0.25, 0.3) is 0 Å². The first-order chi connectivity index (χ1) is 6.02. The highest BCUT2D eigenvalue weighted by Crippen LogP contribution is 2.23. The molecule has 1 aromatic rings. The zero-order valence-electron chi connectivity index (χ0n) is 7.67. The summed E-state index contributed by atoms with van der Waals surface area (Å²) in [5, 5.41) is 0. The van der Waals surface area contributed by atoms with Crippen molar-refractivity contribution in [1.82, 2.24) is 0 Å². The van der Waals surface area contributed by atoms with Gasteiger partial charge in [0.1, 0.15) is 0 Å². The Kier molecular flexibility index (Phi) is 3.09. The third kappa shape index (κ3) is 2.31. The predicted molar refractivity (Wildman–Crippen MR) is 56.7 cm³/mol. The van der Waals surface area contributed by atoms with Crippen LogP contribution in [0.2, 0.25) is 0 Å². The van der Waals surface area contributed by atoms with Crippen LogP contribution < -0.4 is 5.73 Å². The van der Waals surface area contributed by atoms with Crippen molar-refractivity contribution in [3.05, 3.63) is 33.8 Å². The number of nitrogens with two attached hydrogens (primary N) is 1. The van der Waals surface area contributed by atoms with Crippen molar-refractivity contribution in [3.8, 4) is 0 Å². The van der Waals surface area contributed by atoms with Gasteiger partial charge >= 0.3 is 0 Å². The second-order valence-electron chi connectivity index (χ2n) is 3.25. The first kappa shape index (κ1) is 10.3. The molecule has 70 valence electrons. The van der Waals surface area contributed by atoms with Gasteiger partial charge in [-0.1, -0.05) is 29.8 Å². The Hall–Kier alpha value is -0.830. The zero-order chi connectivity index (χ0) is 10.0. The van der Waals surface area contributed by atoms with Gasteiger partial charge in [-0.3, -0.25) is 4.79 Å². The van der Waals surface area contributed by atoms with Crippen LogP contribution >= 0.6 is 15.9 Å². The summed E-state index contributed by atoms with van der Waals surface area (Å²) in [5.74, 6) is -0.0591. The monoisotopic (exact) mass is 241 g/mol. The summed E-state index contributed by atoms with van der Waals surface area (Å²) in [4.78, 5) is 11.0. The quantitative estimate of drug-likeness (QED) is 0.851. The Morgan fingerprint density at radius 3 is 2.54 bits per heavy atom. The minimum absolute atomic E-state index is 0.306. The van der Waals surface area contributed by atoms with Crippen LogP contribution in [0.25, 0.3) is 0 Å². The summed E-state index contributed by atoms with van der Waals surface area (Å²) in [6.07, 6.45) is 0. The summed E-state index contributed by atoms with van der Waals surface area (Å²) in [6, 6.07) is 5.51. The maximum absolute atomic E-state index is 11.0. The first-order valence-electron chi connectivity index (χ1n) is 4.11. The second kappa shape index (κ2) is 3.92. The highest BCUT2D eigenvalue weighted by atomic mass is 79.9. The standard InChI is InChI=1S/C10H12BrNO/c1-6(2)9-5-7(11)3-4-8(9)10(12)13/h3-6H,1-2H3,(H2,12,13). The van der Waals surface area contributed by atoms with E-state index < -0.39 is 0 Å². The fraction of sp³-hybridized carbons (Fsp3) is 0.300. The van der Waals surface area contributed by atoms with Crippen LogP contribution in [-0.4, -0.2) is 5.91 Å². The molecule has 0 aliphatic carbocycles. The first-order valence-corrected chi connectivity index (χ1v) is 4.91. The number of rotatable bonds is 2. The average Bonchev–Trinajstić information content (AvgIpc) is 2.03. The van der Waals surface area contributed by atoms with E-state index in [2.05, 4.69) is 15.9 Å². The normalized spacial score (nSPS) is 10.5. The number of carbonyl (C=O) groups excluding carboxylic acids is 1. The largest absolute Gasteiger partial charge is 0.366 e. The topological polar surface area (TPSA) is 43.1 Å². The van der Waals surface area contributed by atoms with E-state index >= 15 is 0 Å². The zero-order valence-corrected chi connectivity index (χ0v) is 9.26. The molecule has 2 N–H and O–H groups in total. The van der Waals surface area contributed by atoms with Crippen molar-refractivity contribution in [2.75, 3.05) is 0 Å². The van der Waals surface area contributed by atoms with E-state index in [9.17, 15) is 4.79 Å². The maximum Gasteiger partial charge on any atom is 0.248 e. The fourth-order valence-electron chi connectivity index (χ4n) is 1.24. The number of hydrogen-bond donors (Lipinski definition) is 1. The molecule has 0 aliphatic heterocycles. The molecule has 0 unspecified atom stereocenters. The number of primary amides is 1. The van der Waals surface area contributed by atoms with Crippen molar-refractivity contribution in [1.29, 1.82) is 0 Å². The van der Waals surface area contributed by atoms with E-state index in [-0.39, 0.29) is 5.91 Å². The number of halogens is 1. The SMILES string of the molecule is CC(C)c1cc(Br)ccc1C(N)=O. The minimum atomic E-state index is -0.365. The van der Waals surface area contributed by atoms with Gasteiger partial charge in [-0.25, -0.2) is 0 Å². The van der Waals surface area contributed by atoms with Gasteiger partial charge in [0.2, 0.25) is 5.91 Å². The second-order valence-corrected chi connectivity index (χ2v) is 4.17. The lowest BCUT2D eigenvalue weighted by molar-refractivity contribution is 0.0999. The molecule has 0 atom stereocenters. The summed E-state index contributed by atoms with van der Waals surface area (Å²) in [5.41, 5.74) is 6.85. The number of amides is 1. The molecule has 0 aromatic heterocycles. The third-order valence-electron chi connectivity index (χ3n) is 1.90. The lowest BCUT2D eigenvalue weighted by Crippen LogP contribution is -2.14. The van der Waals surface area contributed by atoms with E-state index in [1.807, 2.05) is 26.0 Å². The van der Waals surface area contributed by atoms with E-state index in [4.69, 9.17) is 5.73 Å². The van der Waals surface area contributed by atoms with Crippen LogP contribution in [-0.2, 0) is 0 Å². The molecule has 0 saturated carbocycles. The average molecular weight is 242 g/mol. The van der Waals surface area contributed by atoms with Gasteiger partial charge in [0.15, 0.2) is 0 Å². The van der Waals surface area contributed by atoms with Gasteiger partial charge in [0.05, 0.1) is 0 Å². The number of carbonyl (C=O) groups is 1. The van der Waals surface area contributed by atoms with E-state index in [1.165, 1.54) is 0 Å². The van der Waals surface area contributed by atoms with Crippen molar-refractivity contribution in [2.24, 2.45) is 5.73 Å². The fourth-order valence-corrected chi connectivity index (χ4v) is 1.61. The van der Waals surface area contributed by atoms with Crippen molar-refractivity contribution in [2.45, 2.75) is 19.8 Å². The molecule has 0 radical (unpaired) electrons. The summed E-state index contributed by atoms with van der Waals surface area (Å²) < 4.78 is 0.973. The molecular formula is C10H12BrNO. The van der Waals surface area contributed by atoms with Crippen LogP contribution in [0.4, 0.5) is 0 Å². The van der Waals surface area contributed by atoms with E-state index in [0.717, 1.165) is 10.0 Å². The van der Waals surface area contributed by atoms with Crippen LogP contribution in [0, 0.1) is 0 Å². The van der Waals surface area contributed by atoms with Crippen molar-refractivity contribution in [3.63, 3.8) is 0 Å². The van der Waals surface area contributed by atoms with Gasteiger partial charge in [-0.2, -0.15) is 0 Å². The molecule has 1 aromatic carbocycles. The highest BCUT2D eigenvalue weighted by Gasteiger charge is 2.10. The van der Waals surface area contributed by atoms with Gasteiger partial charge in [0, 0.05) is 10.0 Å². The molecule has 2 nitrogen and oxygen atoms in total. The molecule has 0 heterocycles. The molecule has 0 saturated heterocycles. The molecule has 1 rings (SSSR count). The summed E-state index contributed by atoms with van der Waals surface area (Å²) in [7, 11) is 0. The number of benzene rings is 1. The third-order valence-corrected chi connectivity index (χ3v) is 2.39. The van der Waals surface area contributed by atoms with Gasteiger partial charge in [-0.15, -0.1) is 0 Å². The summed E-state index contributed by atoms with van der Waals surface area (Å²) >= 11 is 3.36. The predicted octanol–water partition coefficient (Wildman–Crippen LogP) is 2.67. The van der Waals surface area contributed by atoms with Crippen LogP contribution in [0.5, 0.6) is 0 Å². The lowest BCUT2D eigenvalue weighted by Gasteiger charge is -2.10. The molecule has 0 aliphatic rings. The molecule has 3 heteroatoms. The van der Waals surface area contributed by atoms with Gasteiger partial charge < -0.3 is 5.73 Å². The number of hydrogen-bond acceptors (Lipinski definition) is 1. The molecular weight excluding hydrogens is 230 g/mol. The highest BCUT2D eigenvalue weighted by molar-refractivity contribution is 9.10. The molecule has 0 fully saturated rings. The van der Waals surface area contributed by atoms with Gasteiger partial charge in [-0.05, 0) is 29.7 Å². The van der Waals surface area contributed by atoms with Crippen LogP contribution in [0.3, 0.4) is 0 Å². The molecule has 1 amide bonds. The Balaban J connectivity index is 3.26. The van der Waals surface area contributed by atoms with E-state index in [1.54, 1.807) is 6.07 Å². The Morgan fingerprint density at radius 2 is 2.08 bits per heavy atom.